The Labute approximate surface area is 92.6 Å². The van der Waals surface area contributed by atoms with Crippen LogP contribution in [-0.2, 0) is 4.79 Å². The van der Waals surface area contributed by atoms with Gasteiger partial charge in [-0.15, -0.1) is 11.6 Å². The van der Waals surface area contributed by atoms with Gasteiger partial charge in [0.1, 0.15) is 0 Å². The highest BCUT2D eigenvalue weighted by atomic mass is 35.5. The summed E-state index contributed by atoms with van der Waals surface area (Å²) in [5, 5.41) is 0. The number of hydrogen-bond donors (Lipinski definition) is 0. The highest BCUT2D eigenvalue weighted by Crippen LogP contribution is 2.23. The molecule has 3 heteroatoms. The Morgan fingerprint density at radius 3 is 1.93 bits per heavy atom. The lowest BCUT2D eigenvalue weighted by molar-refractivity contribution is -0.135. The highest BCUT2D eigenvalue weighted by Gasteiger charge is 2.28. The second-order valence-electron chi connectivity index (χ2n) is 5.64. The monoisotopic (exact) mass is 219 g/mol. The fourth-order valence-electron chi connectivity index (χ4n) is 0.999. The van der Waals surface area contributed by atoms with Gasteiger partial charge in [-0.25, -0.2) is 0 Å². The number of hydrogen-bond acceptors (Lipinski definition) is 1. The van der Waals surface area contributed by atoms with E-state index in [9.17, 15) is 4.79 Å². The maximum atomic E-state index is 11.8. The Bertz CT molecular complexity index is 206. The van der Waals surface area contributed by atoms with Crippen LogP contribution in [0.3, 0.4) is 0 Å². The number of halogens is 1. The quantitative estimate of drug-likeness (QED) is 0.669. The van der Waals surface area contributed by atoms with Gasteiger partial charge in [-0.1, -0.05) is 20.8 Å². The van der Waals surface area contributed by atoms with Crippen LogP contribution in [0.5, 0.6) is 0 Å². The van der Waals surface area contributed by atoms with Crippen LogP contribution in [0.1, 0.15) is 41.0 Å². The largest absolute Gasteiger partial charge is 0.339 e. The summed E-state index contributed by atoms with van der Waals surface area (Å²) >= 11 is 5.81. The average Bonchev–Trinajstić information content (AvgIpc) is 2.00. The lowest BCUT2D eigenvalue weighted by Crippen LogP contribution is -2.47. The summed E-state index contributed by atoms with van der Waals surface area (Å²) in [5.74, 6) is 0.613. The molecule has 0 aromatic rings. The van der Waals surface area contributed by atoms with Crippen LogP contribution >= 0.6 is 11.6 Å². The number of amides is 1. The summed E-state index contributed by atoms with van der Waals surface area (Å²) < 4.78 is 0. The summed E-state index contributed by atoms with van der Waals surface area (Å²) in [5.41, 5.74) is -0.225. The van der Waals surface area contributed by atoms with E-state index < -0.39 is 0 Å². The van der Waals surface area contributed by atoms with Crippen molar-refractivity contribution >= 4 is 17.5 Å². The molecule has 0 bridgehead atoms. The number of carbonyl (C=O) groups is 1. The van der Waals surface area contributed by atoms with Crippen molar-refractivity contribution in [1.29, 1.82) is 0 Å². The van der Waals surface area contributed by atoms with Crippen molar-refractivity contribution in [3.8, 4) is 0 Å². The molecule has 0 fully saturated rings. The second kappa shape index (κ2) is 4.52. The molecule has 1 amide bonds. The molecule has 0 rings (SSSR count). The molecule has 0 spiro atoms. The van der Waals surface area contributed by atoms with Crippen molar-refractivity contribution in [2.45, 2.75) is 46.6 Å². The molecule has 0 saturated heterocycles. The molecule has 0 radical (unpaired) electrons. The Kier molecular flexibility index (Phi) is 4.44. The van der Waals surface area contributed by atoms with Crippen LogP contribution in [0.2, 0.25) is 0 Å². The van der Waals surface area contributed by atoms with Crippen molar-refractivity contribution in [2.24, 2.45) is 5.41 Å². The Morgan fingerprint density at radius 2 is 1.64 bits per heavy atom. The van der Waals surface area contributed by atoms with Gasteiger partial charge in [-0.2, -0.15) is 0 Å². The first-order valence-electron chi connectivity index (χ1n) is 4.93. The molecular weight excluding hydrogens is 198 g/mol. The van der Waals surface area contributed by atoms with Gasteiger partial charge in [0.15, 0.2) is 0 Å². The third-order valence-corrected chi connectivity index (χ3v) is 2.94. The van der Waals surface area contributed by atoms with Crippen molar-refractivity contribution in [3.05, 3.63) is 0 Å². The van der Waals surface area contributed by atoms with Gasteiger partial charge in [0.05, 0.1) is 5.54 Å². The molecule has 0 saturated carbocycles. The summed E-state index contributed by atoms with van der Waals surface area (Å²) in [4.78, 5) is 13.6. The summed E-state index contributed by atoms with van der Waals surface area (Å²) in [7, 11) is 1.82. The zero-order valence-electron chi connectivity index (χ0n) is 10.1. The minimum atomic E-state index is -0.260. The molecule has 0 atom stereocenters. The standard InChI is InChI=1S/C11H22ClNO/c1-10(2,3)7-9(14)13(6)11(4,5)8-12/h7-8H2,1-6H3. The summed E-state index contributed by atoms with van der Waals surface area (Å²) in [6, 6.07) is 0. The van der Waals surface area contributed by atoms with E-state index in [0.717, 1.165) is 0 Å². The number of carbonyl (C=O) groups excluding carboxylic acids is 1. The van der Waals surface area contributed by atoms with Crippen LogP contribution in [0.4, 0.5) is 0 Å². The summed E-state index contributed by atoms with van der Waals surface area (Å²) in [6.07, 6.45) is 0.559. The van der Waals surface area contributed by atoms with E-state index in [0.29, 0.717) is 12.3 Å². The van der Waals surface area contributed by atoms with Crippen molar-refractivity contribution in [3.63, 3.8) is 0 Å². The lowest BCUT2D eigenvalue weighted by Gasteiger charge is -2.35. The predicted molar refractivity (Wildman–Crippen MR) is 61.6 cm³/mol. The van der Waals surface area contributed by atoms with E-state index in [1.54, 1.807) is 4.90 Å². The first kappa shape index (κ1) is 13.8. The number of alkyl halides is 1. The average molecular weight is 220 g/mol. The molecule has 2 nitrogen and oxygen atoms in total. The van der Waals surface area contributed by atoms with Gasteiger partial charge in [0.25, 0.3) is 0 Å². The fourth-order valence-corrected chi connectivity index (χ4v) is 1.18. The van der Waals surface area contributed by atoms with Crippen LogP contribution in [0, 0.1) is 5.41 Å². The number of rotatable bonds is 3. The first-order valence-corrected chi connectivity index (χ1v) is 5.46. The van der Waals surface area contributed by atoms with Crippen LogP contribution in [-0.4, -0.2) is 29.3 Å². The van der Waals surface area contributed by atoms with Crippen LogP contribution in [0.25, 0.3) is 0 Å². The molecule has 84 valence electrons. The minimum absolute atomic E-state index is 0.0355. The Balaban J connectivity index is 4.41. The van der Waals surface area contributed by atoms with E-state index in [1.165, 1.54) is 0 Å². The Morgan fingerprint density at radius 1 is 1.21 bits per heavy atom. The molecule has 0 aromatic heterocycles. The van der Waals surface area contributed by atoms with Crippen LogP contribution < -0.4 is 0 Å². The van der Waals surface area contributed by atoms with Gasteiger partial charge in [-0.05, 0) is 19.3 Å². The number of nitrogens with zero attached hydrogens (tertiary/aromatic N) is 1. The molecule has 0 aromatic carbocycles. The molecule has 0 heterocycles. The van der Waals surface area contributed by atoms with Crippen LogP contribution in [0.15, 0.2) is 0 Å². The van der Waals surface area contributed by atoms with E-state index in [1.807, 2.05) is 20.9 Å². The molecule has 0 unspecified atom stereocenters. The molecule has 0 aliphatic rings. The fraction of sp³-hybridized carbons (Fsp3) is 0.909. The molecule has 0 aliphatic heterocycles. The van der Waals surface area contributed by atoms with Gasteiger partial charge < -0.3 is 4.90 Å². The van der Waals surface area contributed by atoms with E-state index in [2.05, 4.69) is 20.8 Å². The van der Waals surface area contributed by atoms with Crippen molar-refractivity contribution < 1.29 is 4.79 Å². The van der Waals surface area contributed by atoms with Gasteiger partial charge >= 0.3 is 0 Å². The van der Waals surface area contributed by atoms with Gasteiger partial charge in [-0.3, -0.25) is 4.79 Å². The molecule has 0 N–H and O–H groups in total. The Hall–Kier alpha value is -0.240. The predicted octanol–water partition coefficient (Wildman–Crippen LogP) is 2.90. The third kappa shape index (κ3) is 4.32. The van der Waals surface area contributed by atoms with E-state index in [4.69, 9.17) is 11.6 Å². The maximum absolute atomic E-state index is 11.8. The SMILES string of the molecule is CN(C(=O)CC(C)(C)C)C(C)(C)CCl. The molecule has 14 heavy (non-hydrogen) atoms. The van der Waals surface area contributed by atoms with Gasteiger partial charge in [0, 0.05) is 19.3 Å². The molecule has 0 aliphatic carbocycles. The highest BCUT2D eigenvalue weighted by molar-refractivity contribution is 6.18. The molecular formula is C11H22ClNO. The normalized spacial score (nSPS) is 12.8. The summed E-state index contributed by atoms with van der Waals surface area (Å²) in [6.45, 7) is 10.1. The zero-order valence-corrected chi connectivity index (χ0v) is 10.9. The third-order valence-electron chi connectivity index (χ3n) is 2.29. The topological polar surface area (TPSA) is 20.3 Å². The maximum Gasteiger partial charge on any atom is 0.223 e. The lowest BCUT2D eigenvalue weighted by atomic mass is 9.91. The first-order chi connectivity index (χ1) is 6.10. The van der Waals surface area contributed by atoms with E-state index in [-0.39, 0.29) is 16.9 Å². The van der Waals surface area contributed by atoms with Gasteiger partial charge in [0.2, 0.25) is 5.91 Å². The minimum Gasteiger partial charge on any atom is -0.339 e. The van der Waals surface area contributed by atoms with E-state index >= 15 is 0 Å². The second-order valence-corrected chi connectivity index (χ2v) is 5.90. The van der Waals surface area contributed by atoms with Crippen molar-refractivity contribution in [2.75, 3.05) is 12.9 Å². The smallest absolute Gasteiger partial charge is 0.223 e. The zero-order chi connectivity index (χ0) is 11.6. The van der Waals surface area contributed by atoms with Crippen molar-refractivity contribution in [1.82, 2.24) is 4.90 Å².